The number of pyridine rings is 1. The summed E-state index contributed by atoms with van der Waals surface area (Å²) in [5, 5.41) is 0. The van der Waals surface area contributed by atoms with E-state index in [0.29, 0.717) is 5.75 Å². The summed E-state index contributed by atoms with van der Waals surface area (Å²) in [5.74, 6) is 0.396. The molecule has 1 heterocycles. The summed E-state index contributed by atoms with van der Waals surface area (Å²) in [4.78, 5) is 12.3. The number of aromatic nitrogens is 1. The van der Waals surface area contributed by atoms with Crippen molar-refractivity contribution in [1.29, 1.82) is 0 Å². The van der Waals surface area contributed by atoms with Crippen molar-refractivity contribution in [3.05, 3.63) is 88.8 Å². The van der Waals surface area contributed by atoms with E-state index < -0.39 is 0 Å². The minimum atomic E-state index is -0.314. The van der Waals surface area contributed by atoms with Crippen molar-refractivity contribution in [2.45, 2.75) is 6.92 Å². The smallest absolute Gasteiger partial charge is 0.426 e. The minimum Gasteiger partial charge on any atom is -0.548 e. The molecule has 2 aromatic carbocycles. The Bertz CT molecular complexity index is 805. The fourth-order valence-corrected chi connectivity index (χ4v) is 2.55. The fourth-order valence-electron chi connectivity index (χ4n) is 2.55. The molecule has 0 unspecified atom stereocenters. The highest BCUT2D eigenvalue weighted by molar-refractivity contribution is 6.80. The molecule has 0 radical (unpaired) electrons. The van der Waals surface area contributed by atoms with Crippen molar-refractivity contribution >= 4 is 17.8 Å². The lowest BCUT2D eigenvalue weighted by molar-refractivity contribution is 0.565. The molecule has 0 fully saturated rings. The molecule has 3 rings (SSSR count). The highest BCUT2D eigenvalue weighted by Crippen LogP contribution is 2.11. The van der Waals surface area contributed by atoms with Crippen LogP contribution >= 0.6 is 0 Å². The number of aryl methyl sites for hydroxylation is 1. The standard InChI is InChI=1S/C19H18BNO2/c1-15-19(18(22)13-14-21(15)2)23-20(16-9-5-3-6-10-16)17-11-7-4-8-12-17/h3-14H,1-2H3. The molecular formula is C19H18BNO2. The second-order valence-corrected chi connectivity index (χ2v) is 5.52. The van der Waals surface area contributed by atoms with Crippen LogP contribution in [0, 0.1) is 6.92 Å². The average Bonchev–Trinajstić information content (AvgIpc) is 2.60. The van der Waals surface area contributed by atoms with E-state index in [0.717, 1.165) is 16.6 Å². The van der Waals surface area contributed by atoms with Crippen LogP contribution in [0.15, 0.2) is 77.7 Å². The number of nitrogens with zero attached hydrogens (tertiary/aromatic N) is 1. The third kappa shape index (κ3) is 3.21. The molecule has 3 nitrogen and oxygen atoms in total. The third-order valence-corrected chi connectivity index (χ3v) is 3.97. The van der Waals surface area contributed by atoms with Gasteiger partial charge in [-0.15, -0.1) is 0 Å². The highest BCUT2D eigenvalue weighted by Gasteiger charge is 2.25. The zero-order valence-corrected chi connectivity index (χ0v) is 13.3. The van der Waals surface area contributed by atoms with Crippen LogP contribution in [-0.4, -0.2) is 11.5 Å². The van der Waals surface area contributed by atoms with Gasteiger partial charge in [0.15, 0.2) is 5.75 Å². The van der Waals surface area contributed by atoms with Crippen molar-refractivity contribution in [3.63, 3.8) is 0 Å². The molecule has 0 spiro atoms. The van der Waals surface area contributed by atoms with Gasteiger partial charge < -0.3 is 9.22 Å². The van der Waals surface area contributed by atoms with Crippen LogP contribution in [0.1, 0.15) is 5.69 Å². The lowest BCUT2D eigenvalue weighted by atomic mass is 9.55. The number of rotatable bonds is 4. The Morgan fingerprint density at radius 1 is 0.870 bits per heavy atom. The Balaban J connectivity index is 2.08. The van der Waals surface area contributed by atoms with Crippen LogP contribution in [0.5, 0.6) is 5.75 Å². The Morgan fingerprint density at radius 2 is 1.39 bits per heavy atom. The maximum atomic E-state index is 12.3. The molecule has 0 atom stereocenters. The molecule has 0 saturated carbocycles. The lowest BCUT2D eigenvalue weighted by Crippen LogP contribution is -2.48. The first-order valence-electron chi connectivity index (χ1n) is 7.59. The summed E-state index contributed by atoms with van der Waals surface area (Å²) < 4.78 is 8.09. The maximum Gasteiger partial charge on any atom is 0.426 e. The number of hydrogen-bond donors (Lipinski definition) is 0. The van der Waals surface area contributed by atoms with Crippen LogP contribution in [0.25, 0.3) is 0 Å². The summed E-state index contributed by atoms with van der Waals surface area (Å²) in [7, 11) is 1.90. The van der Waals surface area contributed by atoms with Crippen LogP contribution in [0.4, 0.5) is 0 Å². The molecule has 4 heteroatoms. The van der Waals surface area contributed by atoms with Crippen molar-refractivity contribution in [2.24, 2.45) is 7.05 Å². The molecule has 0 bridgehead atoms. The van der Waals surface area contributed by atoms with Crippen molar-refractivity contribution in [1.82, 2.24) is 4.57 Å². The van der Waals surface area contributed by atoms with E-state index in [1.165, 1.54) is 6.07 Å². The average molecular weight is 303 g/mol. The monoisotopic (exact) mass is 303 g/mol. The summed E-state index contributed by atoms with van der Waals surface area (Å²) in [6.07, 6.45) is 1.75. The lowest BCUT2D eigenvalue weighted by Gasteiger charge is -2.18. The molecule has 0 amide bonds. The van der Waals surface area contributed by atoms with Crippen LogP contribution in [0.2, 0.25) is 0 Å². The molecule has 0 aliphatic carbocycles. The van der Waals surface area contributed by atoms with Gasteiger partial charge in [-0.25, -0.2) is 0 Å². The number of benzene rings is 2. The molecule has 0 N–H and O–H groups in total. The van der Waals surface area contributed by atoms with Crippen molar-refractivity contribution < 1.29 is 4.65 Å². The van der Waals surface area contributed by atoms with E-state index >= 15 is 0 Å². The van der Waals surface area contributed by atoms with Gasteiger partial charge in [-0.1, -0.05) is 60.7 Å². The summed E-state index contributed by atoms with van der Waals surface area (Å²) in [5.41, 5.74) is 2.75. The zero-order chi connectivity index (χ0) is 16.2. The Kier molecular flexibility index (Phi) is 4.33. The van der Waals surface area contributed by atoms with Crippen molar-refractivity contribution in [3.8, 4) is 5.75 Å². The van der Waals surface area contributed by atoms with E-state index in [-0.39, 0.29) is 12.3 Å². The number of hydrogen-bond acceptors (Lipinski definition) is 2. The largest absolute Gasteiger partial charge is 0.548 e. The van der Waals surface area contributed by atoms with Crippen molar-refractivity contribution in [2.75, 3.05) is 0 Å². The normalized spacial score (nSPS) is 10.3. The summed E-state index contributed by atoms with van der Waals surface area (Å²) >= 11 is 0. The first kappa shape index (κ1) is 15.2. The van der Waals surface area contributed by atoms with Crippen LogP contribution in [0.3, 0.4) is 0 Å². The Morgan fingerprint density at radius 3 is 1.91 bits per heavy atom. The maximum absolute atomic E-state index is 12.3. The summed E-state index contributed by atoms with van der Waals surface area (Å²) in [6, 6.07) is 21.4. The molecule has 0 saturated heterocycles. The molecule has 0 aliphatic heterocycles. The molecule has 23 heavy (non-hydrogen) atoms. The molecule has 114 valence electrons. The topological polar surface area (TPSA) is 31.2 Å². The second kappa shape index (κ2) is 6.57. The first-order valence-corrected chi connectivity index (χ1v) is 7.59. The molecule has 1 aromatic heterocycles. The second-order valence-electron chi connectivity index (χ2n) is 5.52. The van der Waals surface area contributed by atoms with Gasteiger partial charge in [-0.3, -0.25) is 4.79 Å². The molecule has 3 aromatic rings. The predicted molar refractivity (Wildman–Crippen MR) is 95.0 cm³/mol. The first-order chi connectivity index (χ1) is 11.2. The SMILES string of the molecule is Cc1c(OB(c2ccccc2)c2ccccc2)c(=O)ccn1C. The van der Waals surface area contributed by atoms with E-state index in [9.17, 15) is 4.79 Å². The van der Waals surface area contributed by atoms with Gasteiger partial charge in [0.2, 0.25) is 5.43 Å². The van der Waals surface area contributed by atoms with E-state index in [2.05, 4.69) is 0 Å². The van der Waals surface area contributed by atoms with Crippen LogP contribution < -0.4 is 21.0 Å². The Hall–Kier alpha value is -2.75. The predicted octanol–water partition coefficient (Wildman–Crippen LogP) is 1.88. The van der Waals surface area contributed by atoms with E-state index in [4.69, 9.17) is 4.65 Å². The Labute approximate surface area is 136 Å². The summed E-state index contributed by atoms with van der Waals surface area (Å²) in [6.45, 7) is 1.58. The minimum absolute atomic E-state index is 0.0996. The van der Waals surface area contributed by atoms with E-state index in [1.54, 1.807) is 6.20 Å². The third-order valence-electron chi connectivity index (χ3n) is 3.97. The molecule has 0 aliphatic rings. The van der Waals surface area contributed by atoms with Crippen LogP contribution in [-0.2, 0) is 7.05 Å². The van der Waals surface area contributed by atoms with Gasteiger partial charge in [0.25, 0.3) is 0 Å². The van der Waals surface area contributed by atoms with Gasteiger partial charge in [0, 0.05) is 19.3 Å². The quantitative estimate of drug-likeness (QED) is 0.689. The van der Waals surface area contributed by atoms with Gasteiger partial charge in [-0.05, 0) is 17.8 Å². The fraction of sp³-hybridized carbons (Fsp3) is 0.105. The molecular weight excluding hydrogens is 285 g/mol. The zero-order valence-electron chi connectivity index (χ0n) is 13.3. The van der Waals surface area contributed by atoms with Gasteiger partial charge in [-0.2, -0.15) is 0 Å². The van der Waals surface area contributed by atoms with Gasteiger partial charge in [0.1, 0.15) is 0 Å². The van der Waals surface area contributed by atoms with Gasteiger partial charge >= 0.3 is 6.92 Å². The van der Waals surface area contributed by atoms with E-state index in [1.807, 2.05) is 79.2 Å². The van der Waals surface area contributed by atoms with Gasteiger partial charge in [0.05, 0.1) is 5.69 Å². The highest BCUT2D eigenvalue weighted by atomic mass is 16.4.